The average Bonchev–Trinajstić information content (AvgIpc) is 2.28. The molecule has 0 saturated heterocycles. The van der Waals surface area contributed by atoms with Crippen LogP contribution in [0, 0.1) is 5.92 Å². The largest absolute Gasteiger partial charge is 0.460 e. The summed E-state index contributed by atoms with van der Waals surface area (Å²) in [6, 6.07) is 7.12. The predicted molar refractivity (Wildman–Crippen MR) is 65.9 cm³/mol. The number of ketones is 1. The summed E-state index contributed by atoms with van der Waals surface area (Å²) in [5.74, 6) is -0.798. The molecule has 0 amide bonds. The summed E-state index contributed by atoms with van der Waals surface area (Å²) < 4.78 is 4.66. The lowest BCUT2D eigenvalue weighted by atomic mass is 10.0. The fourth-order valence-electron chi connectivity index (χ4n) is 1.58. The summed E-state index contributed by atoms with van der Waals surface area (Å²) in [6.45, 7) is 6.17. The van der Waals surface area contributed by atoms with Gasteiger partial charge in [0.25, 0.3) is 5.78 Å². The molecule has 92 valence electrons. The van der Waals surface area contributed by atoms with Gasteiger partial charge in [-0.05, 0) is 24.8 Å². The van der Waals surface area contributed by atoms with Crippen LogP contribution in [0.4, 0.5) is 0 Å². The molecule has 1 aromatic rings. The number of rotatable bonds is 5. The third kappa shape index (κ3) is 4.02. The average molecular weight is 234 g/mol. The van der Waals surface area contributed by atoms with Gasteiger partial charge in [-0.1, -0.05) is 38.1 Å². The van der Waals surface area contributed by atoms with E-state index < -0.39 is 11.8 Å². The highest BCUT2D eigenvalue weighted by Gasteiger charge is 2.16. The van der Waals surface area contributed by atoms with Gasteiger partial charge in [0.1, 0.15) is 0 Å². The molecule has 0 bridgehead atoms. The van der Waals surface area contributed by atoms with Crippen LogP contribution >= 0.6 is 0 Å². The van der Waals surface area contributed by atoms with E-state index in [0.717, 1.165) is 6.42 Å². The summed E-state index contributed by atoms with van der Waals surface area (Å²) in [7, 11) is 0. The molecule has 0 saturated carbocycles. The minimum absolute atomic E-state index is 0.218. The number of hydrogen-bond donors (Lipinski definition) is 0. The van der Waals surface area contributed by atoms with Gasteiger partial charge in [-0.25, -0.2) is 4.79 Å². The van der Waals surface area contributed by atoms with E-state index in [9.17, 15) is 9.59 Å². The molecule has 3 heteroatoms. The Morgan fingerprint density at radius 2 is 1.76 bits per heavy atom. The standard InChI is InChI=1S/C14H18O3/c1-4-17-14(16)13(15)12-7-5-11(6-8-12)9-10(2)3/h5-8,10H,4,9H2,1-3H3. The Labute approximate surface area is 102 Å². The van der Waals surface area contributed by atoms with Crippen LogP contribution in [0.1, 0.15) is 36.7 Å². The Balaban J connectivity index is 2.73. The molecular formula is C14H18O3. The molecule has 0 aliphatic rings. The first-order valence-electron chi connectivity index (χ1n) is 5.85. The van der Waals surface area contributed by atoms with E-state index >= 15 is 0 Å². The van der Waals surface area contributed by atoms with E-state index in [1.165, 1.54) is 5.56 Å². The molecule has 0 unspecified atom stereocenters. The first-order chi connectivity index (χ1) is 8.04. The normalized spacial score (nSPS) is 10.4. The Kier molecular flexibility index (Phi) is 4.88. The molecule has 0 heterocycles. The molecule has 0 aliphatic heterocycles. The zero-order chi connectivity index (χ0) is 12.8. The first kappa shape index (κ1) is 13.4. The number of carbonyl (C=O) groups is 2. The monoisotopic (exact) mass is 234 g/mol. The van der Waals surface area contributed by atoms with Gasteiger partial charge >= 0.3 is 5.97 Å². The van der Waals surface area contributed by atoms with Crippen molar-refractivity contribution in [2.75, 3.05) is 6.61 Å². The lowest BCUT2D eigenvalue weighted by molar-refractivity contribution is -0.137. The molecule has 0 aliphatic carbocycles. The Hall–Kier alpha value is -1.64. The van der Waals surface area contributed by atoms with Crippen LogP contribution in [-0.4, -0.2) is 18.4 Å². The maximum Gasteiger partial charge on any atom is 0.379 e. The fourth-order valence-corrected chi connectivity index (χ4v) is 1.58. The molecule has 0 N–H and O–H groups in total. The second-order valence-corrected chi connectivity index (χ2v) is 4.34. The van der Waals surface area contributed by atoms with Crippen molar-refractivity contribution in [2.24, 2.45) is 5.92 Å². The summed E-state index contributed by atoms with van der Waals surface area (Å²) >= 11 is 0. The van der Waals surface area contributed by atoms with E-state index in [-0.39, 0.29) is 6.61 Å². The number of hydrogen-bond acceptors (Lipinski definition) is 3. The molecule has 3 nitrogen and oxygen atoms in total. The Morgan fingerprint density at radius 3 is 2.24 bits per heavy atom. The quantitative estimate of drug-likeness (QED) is 0.447. The molecule has 0 fully saturated rings. The van der Waals surface area contributed by atoms with E-state index in [4.69, 9.17) is 0 Å². The third-order valence-corrected chi connectivity index (χ3v) is 2.32. The van der Waals surface area contributed by atoms with E-state index in [1.54, 1.807) is 19.1 Å². The van der Waals surface area contributed by atoms with E-state index in [1.807, 2.05) is 12.1 Å². The van der Waals surface area contributed by atoms with E-state index in [0.29, 0.717) is 11.5 Å². The van der Waals surface area contributed by atoms with Crippen molar-refractivity contribution in [3.8, 4) is 0 Å². The van der Waals surface area contributed by atoms with Crippen LogP contribution in [0.15, 0.2) is 24.3 Å². The second kappa shape index (κ2) is 6.18. The van der Waals surface area contributed by atoms with Gasteiger partial charge in [0.2, 0.25) is 0 Å². The van der Waals surface area contributed by atoms with Crippen LogP contribution in [0.25, 0.3) is 0 Å². The SMILES string of the molecule is CCOC(=O)C(=O)c1ccc(CC(C)C)cc1. The van der Waals surface area contributed by atoms with Gasteiger partial charge in [0, 0.05) is 5.56 Å². The fraction of sp³-hybridized carbons (Fsp3) is 0.429. The number of ether oxygens (including phenoxy) is 1. The highest BCUT2D eigenvalue weighted by atomic mass is 16.5. The van der Waals surface area contributed by atoms with Crippen molar-refractivity contribution in [2.45, 2.75) is 27.2 Å². The smallest absolute Gasteiger partial charge is 0.379 e. The molecule has 1 rings (SSSR count). The lowest BCUT2D eigenvalue weighted by Gasteiger charge is -2.05. The van der Waals surface area contributed by atoms with Crippen LogP contribution in [0.5, 0.6) is 0 Å². The zero-order valence-electron chi connectivity index (χ0n) is 10.5. The number of carbonyl (C=O) groups excluding carboxylic acids is 2. The highest BCUT2D eigenvalue weighted by molar-refractivity contribution is 6.40. The lowest BCUT2D eigenvalue weighted by Crippen LogP contribution is -2.17. The highest BCUT2D eigenvalue weighted by Crippen LogP contribution is 2.10. The Bertz CT molecular complexity index is 390. The number of esters is 1. The second-order valence-electron chi connectivity index (χ2n) is 4.34. The van der Waals surface area contributed by atoms with Crippen molar-refractivity contribution in [1.29, 1.82) is 0 Å². The summed E-state index contributed by atoms with van der Waals surface area (Å²) in [5, 5.41) is 0. The van der Waals surface area contributed by atoms with Crippen molar-refractivity contribution in [1.82, 2.24) is 0 Å². The molecule has 0 spiro atoms. The first-order valence-corrected chi connectivity index (χ1v) is 5.85. The topological polar surface area (TPSA) is 43.4 Å². The maximum absolute atomic E-state index is 11.6. The van der Waals surface area contributed by atoms with E-state index in [2.05, 4.69) is 18.6 Å². The minimum atomic E-state index is -0.788. The van der Waals surface area contributed by atoms with Crippen molar-refractivity contribution in [3.05, 3.63) is 35.4 Å². The van der Waals surface area contributed by atoms with Crippen LogP contribution < -0.4 is 0 Å². The van der Waals surface area contributed by atoms with Crippen molar-refractivity contribution >= 4 is 11.8 Å². The molecule has 0 radical (unpaired) electrons. The van der Waals surface area contributed by atoms with Crippen molar-refractivity contribution < 1.29 is 14.3 Å². The molecule has 0 aromatic heterocycles. The van der Waals surface area contributed by atoms with Gasteiger partial charge in [0.05, 0.1) is 6.61 Å². The molecule has 17 heavy (non-hydrogen) atoms. The molecular weight excluding hydrogens is 216 g/mol. The predicted octanol–water partition coefficient (Wildman–Crippen LogP) is 2.63. The number of benzene rings is 1. The van der Waals surface area contributed by atoms with Gasteiger partial charge < -0.3 is 4.74 Å². The van der Waals surface area contributed by atoms with Crippen LogP contribution in [0.2, 0.25) is 0 Å². The zero-order valence-corrected chi connectivity index (χ0v) is 10.5. The van der Waals surface area contributed by atoms with Crippen LogP contribution in [0.3, 0.4) is 0 Å². The van der Waals surface area contributed by atoms with Crippen molar-refractivity contribution in [3.63, 3.8) is 0 Å². The Morgan fingerprint density at radius 1 is 1.18 bits per heavy atom. The van der Waals surface area contributed by atoms with Gasteiger partial charge in [0.15, 0.2) is 0 Å². The summed E-state index contributed by atoms with van der Waals surface area (Å²) in [4.78, 5) is 22.8. The molecule has 0 atom stereocenters. The minimum Gasteiger partial charge on any atom is -0.460 e. The third-order valence-electron chi connectivity index (χ3n) is 2.32. The summed E-state index contributed by atoms with van der Waals surface area (Å²) in [6.07, 6.45) is 0.966. The molecule has 1 aromatic carbocycles. The van der Waals surface area contributed by atoms with Crippen LogP contribution in [-0.2, 0) is 16.0 Å². The summed E-state index contributed by atoms with van der Waals surface area (Å²) in [5.41, 5.74) is 1.55. The van der Waals surface area contributed by atoms with Gasteiger partial charge in [-0.3, -0.25) is 4.79 Å². The maximum atomic E-state index is 11.6. The van der Waals surface area contributed by atoms with Gasteiger partial charge in [-0.2, -0.15) is 0 Å². The number of Topliss-reactive ketones (excluding diaryl/α,β-unsaturated/α-hetero) is 1. The van der Waals surface area contributed by atoms with Gasteiger partial charge in [-0.15, -0.1) is 0 Å².